The zero-order chi connectivity index (χ0) is 59.9. The first-order valence-corrected chi connectivity index (χ1v) is 35.7. The number of rotatable bonds is 65. The van der Waals surface area contributed by atoms with Gasteiger partial charge in [-0.1, -0.05) is 311 Å². The lowest BCUT2D eigenvalue weighted by Gasteiger charge is -2.18. The highest BCUT2D eigenvalue weighted by Crippen LogP contribution is 2.17. The number of allylic oxidation sites excluding steroid dienone is 16. The van der Waals surface area contributed by atoms with Crippen molar-refractivity contribution in [2.45, 2.75) is 361 Å². The minimum absolute atomic E-state index is 0.0788. The van der Waals surface area contributed by atoms with Gasteiger partial charge in [0.15, 0.2) is 6.10 Å². The fraction of sp³-hybridized carbons (Fsp3) is 0.753. The van der Waals surface area contributed by atoms with E-state index in [1.807, 2.05) is 0 Å². The molecule has 0 saturated heterocycles. The molecule has 6 heteroatoms. The summed E-state index contributed by atoms with van der Waals surface area (Å²) in [7, 11) is 0. The van der Waals surface area contributed by atoms with Crippen LogP contribution in [0.5, 0.6) is 0 Å². The van der Waals surface area contributed by atoms with Crippen molar-refractivity contribution in [3.8, 4) is 0 Å². The molecular weight excluding hydrogens is 1020 g/mol. The van der Waals surface area contributed by atoms with Crippen molar-refractivity contribution >= 4 is 17.9 Å². The Hall–Kier alpha value is -3.67. The molecule has 0 rings (SSSR count). The quantitative estimate of drug-likeness (QED) is 0.0261. The van der Waals surface area contributed by atoms with Gasteiger partial charge in [0.05, 0.1) is 0 Å². The van der Waals surface area contributed by atoms with E-state index in [0.29, 0.717) is 19.3 Å². The summed E-state index contributed by atoms with van der Waals surface area (Å²) in [4.78, 5) is 38.4. The summed E-state index contributed by atoms with van der Waals surface area (Å²) < 4.78 is 17.0. The van der Waals surface area contributed by atoms with Gasteiger partial charge in [-0.05, 0) is 122 Å². The summed E-state index contributed by atoms with van der Waals surface area (Å²) in [6.45, 7) is 6.55. The van der Waals surface area contributed by atoms with Gasteiger partial charge in [0.2, 0.25) is 0 Å². The molecule has 0 aromatic rings. The Balaban J connectivity index is 4.23. The topological polar surface area (TPSA) is 78.9 Å². The third-order valence-electron chi connectivity index (χ3n) is 15.5. The van der Waals surface area contributed by atoms with Crippen LogP contribution in [-0.4, -0.2) is 37.2 Å². The lowest BCUT2D eigenvalue weighted by atomic mass is 10.0. The normalized spacial score (nSPS) is 12.7. The van der Waals surface area contributed by atoms with Gasteiger partial charge in [0.1, 0.15) is 13.2 Å². The molecule has 0 aromatic heterocycles. The number of carbonyl (C=O) groups excluding carboxylic acids is 3. The molecule has 0 fully saturated rings. The van der Waals surface area contributed by atoms with E-state index in [-0.39, 0.29) is 31.1 Å². The van der Waals surface area contributed by atoms with E-state index in [4.69, 9.17) is 14.2 Å². The number of hydrogen-bond donors (Lipinski definition) is 0. The monoisotopic (exact) mass is 1160 g/mol. The Morgan fingerprint density at radius 2 is 0.470 bits per heavy atom. The van der Waals surface area contributed by atoms with E-state index >= 15 is 0 Å². The summed E-state index contributed by atoms with van der Waals surface area (Å²) in [6, 6.07) is 0. The highest BCUT2D eigenvalue weighted by molar-refractivity contribution is 5.71. The van der Waals surface area contributed by atoms with Gasteiger partial charge in [0.25, 0.3) is 0 Å². The van der Waals surface area contributed by atoms with Gasteiger partial charge in [0, 0.05) is 19.3 Å². The third-order valence-corrected chi connectivity index (χ3v) is 15.5. The van der Waals surface area contributed by atoms with Crippen molar-refractivity contribution < 1.29 is 28.6 Å². The van der Waals surface area contributed by atoms with Crippen molar-refractivity contribution in [3.05, 3.63) is 97.2 Å². The molecule has 478 valence electrons. The zero-order valence-corrected chi connectivity index (χ0v) is 54.9. The minimum Gasteiger partial charge on any atom is -0.462 e. The molecule has 0 spiro atoms. The predicted octanol–water partition coefficient (Wildman–Crippen LogP) is 24.8. The van der Waals surface area contributed by atoms with Crippen LogP contribution in [0, 0.1) is 0 Å². The first kappa shape index (κ1) is 79.3. The van der Waals surface area contributed by atoms with E-state index in [2.05, 4.69) is 118 Å². The smallest absolute Gasteiger partial charge is 0.306 e. The van der Waals surface area contributed by atoms with Crippen LogP contribution < -0.4 is 0 Å². The second kappa shape index (κ2) is 70.8. The molecule has 1 atom stereocenters. The van der Waals surface area contributed by atoms with Crippen LogP contribution in [0.3, 0.4) is 0 Å². The molecule has 0 aliphatic carbocycles. The standard InChI is InChI=1S/C77H134O6/c1-4-7-10-13-16-19-22-25-28-30-31-32-33-34-35-36-37-38-39-40-41-42-43-44-45-47-49-52-55-58-61-64-67-70-76(79)82-73-74(72-81-75(78)69-66-63-60-57-54-51-48-27-24-21-18-15-12-9-6-3)83-77(80)71-68-65-62-59-56-53-50-46-29-26-23-20-17-14-11-8-5-2/h7,10,16,19,25-29,31-32,34-35,37-38,48,74H,4-6,8-9,11-15,17-18,20-24,30,33,36,39-47,49-73H2,1-3H3/b10-7-,19-16-,28-25-,29-26-,32-31-,35-34-,38-37-,48-27-. The molecule has 0 amide bonds. The molecule has 0 N–H and O–H groups in total. The number of unbranched alkanes of at least 4 members (excludes halogenated alkanes) is 38. The molecule has 0 heterocycles. The van der Waals surface area contributed by atoms with E-state index in [1.165, 1.54) is 212 Å². The van der Waals surface area contributed by atoms with Crippen LogP contribution in [0.2, 0.25) is 0 Å². The Kier molecular flexibility index (Phi) is 67.7. The zero-order valence-electron chi connectivity index (χ0n) is 54.9. The van der Waals surface area contributed by atoms with Gasteiger partial charge in [-0.15, -0.1) is 0 Å². The van der Waals surface area contributed by atoms with Crippen LogP contribution in [-0.2, 0) is 28.6 Å². The maximum absolute atomic E-state index is 12.9. The molecule has 0 saturated carbocycles. The van der Waals surface area contributed by atoms with Crippen molar-refractivity contribution in [2.75, 3.05) is 13.2 Å². The van der Waals surface area contributed by atoms with Crippen molar-refractivity contribution in [1.29, 1.82) is 0 Å². The van der Waals surface area contributed by atoms with Crippen LogP contribution in [0.4, 0.5) is 0 Å². The molecule has 0 aliphatic rings. The number of ether oxygens (including phenoxy) is 3. The summed E-state index contributed by atoms with van der Waals surface area (Å²) >= 11 is 0. The molecule has 0 bridgehead atoms. The van der Waals surface area contributed by atoms with Crippen molar-refractivity contribution in [3.63, 3.8) is 0 Å². The maximum atomic E-state index is 12.9. The van der Waals surface area contributed by atoms with E-state index < -0.39 is 6.10 Å². The minimum atomic E-state index is -0.783. The number of esters is 3. The summed E-state index contributed by atoms with van der Waals surface area (Å²) in [6.07, 6.45) is 95.8. The van der Waals surface area contributed by atoms with Crippen LogP contribution in [0.1, 0.15) is 355 Å². The summed E-state index contributed by atoms with van der Waals surface area (Å²) in [5.41, 5.74) is 0. The number of carbonyl (C=O) groups is 3. The largest absolute Gasteiger partial charge is 0.462 e. The Morgan fingerprint density at radius 3 is 0.747 bits per heavy atom. The van der Waals surface area contributed by atoms with Crippen molar-refractivity contribution in [1.82, 2.24) is 0 Å². The highest BCUT2D eigenvalue weighted by atomic mass is 16.6. The van der Waals surface area contributed by atoms with Gasteiger partial charge in [-0.2, -0.15) is 0 Å². The molecule has 0 radical (unpaired) electrons. The predicted molar refractivity (Wildman–Crippen MR) is 362 cm³/mol. The number of hydrogen-bond acceptors (Lipinski definition) is 6. The van der Waals surface area contributed by atoms with Gasteiger partial charge in [-0.25, -0.2) is 0 Å². The fourth-order valence-electron chi connectivity index (χ4n) is 10.2. The average Bonchev–Trinajstić information content (AvgIpc) is 3.49. The van der Waals surface area contributed by atoms with Crippen LogP contribution >= 0.6 is 0 Å². The van der Waals surface area contributed by atoms with E-state index in [1.54, 1.807) is 0 Å². The highest BCUT2D eigenvalue weighted by Gasteiger charge is 2.19. The van der Waals surface area contributed by atoms with Crippen LogP contribution in [0.25, 0.3) is 0 Å². The second-order valence-corrected chi connectivity index (χ2v) is 23.8. The molecular formula is C77H134O6. The Morgan fingerprint density at radius 1 is 0.253 bits per heavy atom. The van der Waals surface area contributed by atoms with Gasteiger partial charge in [-0.3, -0.25) is 14.4 Å². The summed E-state index contributed by atoms with van der Waals surface area (Å²) in [5.74, 6) is -0.875. The van der Waals surface area contributed by atoms with E-state index in [9.17, 15) is 14.4 Å². The first-order valence-electron chi connectivity index (χ1n) is 35.7. The van der Waals surface area contributed by atoms with Crippen LogP contribution in [0.15, 0.2) is 97.2 Å². The third kappa shape index (κ3) is 69.0. The van der Waals surface area contributed by atoms with Gasteiger partial charge < -0.3 is 14.2 Å². The lowest BCUT2D eigenvalue weighted by Crippen LogP contribution is -2.30. The average molecular weight is 1160 g/mol. The molecule has 83 heavy (non-hydrogen) atoms. The fourth-order valence-corrected chi connectivity index (χ4v) is 10.2. The molecule has 0 aliphatic heterocycles. The molecule has 1 unspecified atom stereocenters. The Bertz CT molecular complexity index is 1610. The lowest BCUT2D eigenvalue weighted by molar-refractivity contribution is -0.167. The molecule has 6 nitrogen and oxygen atoms in total. The Labute approximate surface area is 515 Å². The second-order valence-electron chi connectivity index (χ2n) is 23.8. The maximum Gasteiger partial charge on any atom is 0.306 e. The summed E-state index contributed by atoms with van der Waals surface area (Å²) in [5, 5.41) is 0. The SMILES string of the molecule is CC/C=C\C/C=C\C/C=C\C/C=C\C/C=C\C/C=C\CCCCCCCCCCCCCCCCC(=O)OCC(COC(=O)CCCCCCC/C=C\CCCCCCCC)OC(=O)CCCCCCCCC/C=C\CCCCCCCC. The van der Waals surface area contributed by atoms with Gasteiger partial charge >= 0.3 is 17.9 Å². The first-order chi connectivity index (χ1) is 41.0. The molecule has 0 aromatic carbocycles. The van der Waals surface area contributed by atoms with Crippen molar-refractivity contribution in [2.24, 2.45) is 0 Å². The van der Waals surface area contributed by atoms with E-state index in [0.717, 1.165) is 103 Å².